The summed E-state index contributed by atoms with van der Waals surface area (Å²) in [6, 6.07) is 11.7. The van der Waals surface area contributed by atoms with E-state index in [1.165, 1.54) is 0 Å². The van der Waals surface area contributed by atoms with E-state index in [9.17, 15) is 4.79 Å². The van der Waals surface area contributed by atoms with E-state index < -0.39 is 5.54 Å². The number of nitrogens with zero attached hydrogens (tertiary/aromatic N) is 2. The average molecular weight is 297 g/mol. The topological polar surface area (TPSA) is 92.9 Å². The summed E-state index contributed by atoms with van der Waals surface area (Å²) in [6.45, 7) is 3.75. The van der Waals surface area contributed by atoms with Gasteiger partial charge >= 0.3 is 0 Å². The maximum Gasteiger partial charge on any atom is 0.259 e. The summed E-state index contributed by atoms with van der Waals surface area (Å²) in [4.78, 5) is 20.7. The van der Waals surface area contributed by atoms with E-state index in [-0.39, 0.29) is 11.8 Å². The smallest absolute Gasteiger partial charge is 0.259 e. The molecule has 1 heterocycles. The minimum Gasteiger partial charge on any atom is -0.317 e. The Bertz CT molecular complexity index is 683. The molecule has 6 nitrogen and oxygen atoms in total. The quantitative estimate of drug-likeness (QED) is 0.742. The molecule has 1 aliphatic carbocycles. The number of hydrogen-bond donors (Lipinski definition) is 3. The minimum atomic E-state index is -0.868. The zero-order valence-electron chi connectivity index (χ0n) is 12.6. The first-order valence-corrected chi connectivity index (χ1v) is 7.21. The Morgan fingerprint density at radius 3 is 2.50 bits per heavy atom. The molecule has 4 N–H and O–H groups in total. The van der Waals surface area contributed by atoms with Gasteiger partial charge in [-0.3, -0.25) is 15.6 Å². The van der Waals surface area contributed by atoms with Crippen LogP contribution in [0.3, 0.4) is 0 Å². The fraction of sp³-hybridized carbons (Fsp3) is 0.312. The molecule has 2 atom stereocenters. The van der Waals surface area contributed by atoms with E-state index in [1.807, 2.05) is 50.2 Å². The predicted molar refractivity (Wildman–Crippen MR) is 84.0 cm³/mol. The number of nitrogens with one attached hydrogen (secondary N) is 2. The van der Waals surface area contributed by atoms with E-state index in [1.54, 1.807) is 0 Å². The van der Waals surface area contributed by atoms with Crippen LogP contribution in [0, 0.1) is 13.8 Å². The van der Waals surface area contributed by atoms with Crippen molar-refractivity contribution >= 4 is 11.9 Å². The number of carbonyl (C=O) groups excluding carboxylic acids is 1. The lowest BCUT2D eigenvalue weighted by molar-refractivity contribution is -0.122. The summed E-state index contributed by atoms with van der Waals surface area (Å²) in [5.41, 5.74) is 13.4. The van der Waals surface area contributed by atoms with Gasteiger partial charge in [0.25, 0.3) is 5.91 Å². The number of aryl methyl sites for hydroxylation is 2. The van der Waals surface area contributed by atoms with Crippen molar-refractivity contribution in [1.82, 2.24) is 15.4 Å². The van der Waals surface area contributed by atoms with E-state index in [0.29, 0.717) is 12.4 Å². The Kier molecular flexibility index (Phi) is 3.54. The molecule has 0 aliphatic heterocycles. The fourth-order valence-electron chi connectivity index (χ4n) is 2.64. The van der Waals surface area contributed by atoms with Crippen molar-refractivity contribution in [3.8, 4) is 0 Å². The summed E-state index contributed by atoms with van der Waals surface area (Å²) in [5.74, 6) is 0.172. The third-order valence-electron chi connectivity index (χ3n) is 3.90. The molecule has 0 spiro atoms. The number of amides is 1. The zero-order valence-corrected chi connectivity index (χ0v) is 12.6. The normalized spacial score (nSPS) is 23.0. The van der Waals surface area contributed by atoms with Gasteiger partial charge in [-0.1, -0.05) is 30.3 Å². The molecule has 2 aromatic rings. The van der Waals surface area contributed by atoms with Crippen molar-refractivity contribution in [1.29, 1.82) is 0 Å². The lowest BCUT2D eigenvalue weighted by Crippen LogP contribution is -2.46. The van der Waals surface area contributed by atoms with Crippen LogP contribution in [0.15, 0.2) is 36.4 Å². The van der Waals surface area contributed by atoms with E-state index in [2.05, 4.69) is 20.8 Å². The number of anilines is 1. The predicted octanol–water partition coefficient (Wildman–Crippen LogP) is 1.42. The Morgan fingerprint density at radius 1 is 1.23 bits per heavy atom. The highest BCUT2D eigenvalue weighted by molar-refractivity contribution is 5.92. The molecular formula is C16H19N5O. The van der Waals surface area contributed by atoms with Crippen molar-refractivity contribution in [3.05, 3.63) is 53.3 Å². The first-order chi connectivity index (χ1) is 10.5. The second-order valence-electron chi connectivity index (χ2n) is 5.76. The number of hydrazine groups is 1. The Morgan fingerprint density at radius 2 is 1.86 bits per heavy atom. The van der Waals surface area contributed by atoms with Crippen LogP contribution in [0.2, 0.25) is 0 Å². The number of carbonyl (C=O) groups is 1. The molecule has 1 amide bonds. The van der Waals surface area contributed by atoms with Gasteiger partial charge in [0.2, 0.25) is 5.95 Å². The lowest BCUT2D eigenvalue weighted by Gasteiger charge is -2.13. The van der Waals surface area contributed by atoms with E-state index in [0.717, 1.165) is 17.0 Å². The minimum absolute atomic E-state index is 0.0515. The van der Waals surface area contributed by atoms with Gasteiger partial charge in [0.05, 0.1) is 0 Å². The maximum absolute atomic E-state index is 12.3. The maximum atomic E-state index is 12.3. The molecule has 3 rings (SSSR count). The molecule has 1 aromatic carbocycles. The van der Waals surface area contributed by atoms with Gasteiger partial charge < -0.3 is 5.73 Å². The SMILES string of the molecule is Cc1cc(C)nc(NNC(=O)C2(N)CC2c2ccccc2)n1. The number of aromatic nitrogens is 2. The third-order valence-corrected chi connectivity index (χ3v) is 3.90. The number of benzene rings is 1. The Hall–Kier alpha value is -2.47. The van der Waals surface area contributed by atoms with E-state index >= 15 is 0 Å². The largest absolute Gasteiger partial charge is 0.317 e. The van der Waals surface area contributed by atoms with Gasteiger partial charge in [-0.25, -0.2) is 9.97 Å². The molecule has 114 valence electrons. The van der Waals surface area contributed by atoms with Crippen LogP contribution >= 0.6 is 0 Å². The van der Waals surface area contributed by atoms with Crippen LogP contribution < -0.4 is 16.6 Å². The fourth-order valence-corrected chi connectivity index (χ4v) is 2.64. The summed E-state index contributed by atoms with van der Waals surface area (Å²) >= 11 is 0. The molecule has 6 heteroatoms. The first-order valence-electron chi connectivity index (χ1n) is 7.21. The van der Waals surface area contributed by atoms with Crippen LogP contribution in [0.25, 0.3) is 0 Å². The van der Waals surface area contributed by atoms with Gasteiger partial charge in [-0.05, 0) is 31.9 Å². The highest BCUT2D eigenvalue weighted by Crippen LogP contribution is 2.49. The van der Waals surface area contributed by atoms with Crippen molar-refractivity contribution in [3.63, 3.8) is 0 Å². The summed E-state index contributed by atoms with van der Waals surface area (Å²) in [5, 5.41) is 0. The lowest BCUT2D eigenvalue weighted by atomic mass is 10.1. The van der Waals surface area contributed by atoms with Gasteiger partial charge in [-0.15, -0.1) is 0 Å². The van der Waals surface area contributed by atoms with Crippen molar-refractivity contribution < 1.29 is 4.79 Å². The number of hydrogen-bond acceptors (Lipinski definition) is 5. The van der Waals surface area contributed by atoms with Crippen LogP contribution in [0.4, 0.5) is 5.95 Å². The van der Waals surface area contributed by atoms with Gasteiger partial charge in [0.1, 0.15) is 5.54 Å². The molecule has 2 unspecified atom stereocenters. The molecule has 1 saturated carbocycles. The van der Waals surface area contributed by atoms with Crippen LogP contribution in [0.5, 0.6) is 0 Å². The number of rotatable bonds is 4. The molecule has 0 saturated heterocycles. The van der Waals surface area contributed by atoms with Crippen molar-refractivity contribution in [2.45, 2.75) is 31.7 Å². The van der Waals surface area contributed by atoms with Crippen molar-refractivity contribution in [2.75, 3.05) is 5.43 Å². The Labute approximate surface area is 129 Å². The molecule has 0 radical (unpaired) electrons. The summed E-state index contributed by atoms with van der Waals surface area (Å²) in [6.07, 6.45) is 0.637. The summed E-state index contributed by atoms with van der Waals surface area (Å²) in [7, 11) is 0. The Balaban J connectivity index is 1.63. The average Bonchev–Trinajstić information content (AvgIpc) is 3.18. The molecule has 0 bridgehead atoms. The third kappa shape index (κ3) is 2.78. The van der Waals surface area contributed by atoms with Crippen molar-refractivity contribution in [2.24, 2.45) is 5.73 Å². The highest BCUT2D eigenvalue weighted by Gasteiger charge is 2.57. The summed E-state index contributed by atoms with van der Waals surface area (Å²) < 4.78 is 0. The first kappa shape index (κ1) is 14.5. The van der Waals surface area contributed by atoms with Gasteiger partial charge in [-0.2, -0.15) is 0 Å². The molecule has 22 heavy (non-hydrogen) atoms. The van der Waals surface area contributed by atoms with Crippen LogP contribution in [-0.2, 0) is 4.79 Å². The molecule has 1 fully saturated rings. The molecule has 1 aliphatic rings. The highest BCUT2D eigenvalue weighted by atomic mass is 16.2. The zero-order chi connectivity index (χ0) is 15.7. The molecule has 1 aromatic heterocycles. The van der Waals surface area contributed by atoms with Gasteiger partial charge in [0, 0.05) is 17.3 Å². The van der Waals surface area contributed by atoms with Crippen LogP contribution in [0.1, 0.15) is 29.3 Å². The van der Waals surface area contributed by atoms with Crippen LogP contribution in [-0.4, -0.2) is 21.4 Å². The van der Waals surface area contributed by atoms with Gasteiger partial charge in [0.15, 0.2) is 0 Å². The molecular weight excluding hydrogens is 278 g/mol. The van der Waals surface area contributed by atoms with E-state index in [4.69, 9.17) is 5.73 Å². The monoisotopic (exact) mass is 297 g/mol. The second kappa shape index (κ2) is 5.38. The number of nitrogens with two attached hydrogens (primary N) is 1. The second-order valence-corrected chi connectivity index (χ2v) is 5.76. The standard InChI is InChI=1S/C16H19N5O/c1-10-8-11(2)19-15(18-10)21-20-14(22)16(17)9-13(16)12-6-4-3-5-7-12/h3-8,13H,9,17H2,1-2H3,(H,20,22)(H,18,19,21).